The molecule has 0 fully saturated rings. The molecule has 0 bridgehead atoms. The van der Waals surface area contributed by atoms with E-state index < -0.39 is 6.09 Å². The fourth-order valence-electron chi connectivity index (χ4n) is 1.98. The summed E-state index contributed by atoms with van der Waals surface area (Å²) in [6, 6.07) is 18.8. The smallest absolute Gasteiger partial charge is 0.407 e. The van der Waals surface area contributed by atoms with E-state index in [1.165, 1.54) is 0 Å². The predicted molar refractivity (Wildman–Crippen MR) is 87.6 cm³/mol. The Labute approximate surface area is 136 Å². The van der Waals surface area contributed by atoms with Crippen LogP contribution in [0.1, 0.15) is 11.1 Å². The van der Waals surface area contributed by atoms with Crippen molar-refractivity contribution in [2.24, 2.45) is 0 Å². The lowest BCUT2D eigenvalue weighted by Crippen LogP contribution is -2.41. The molecule has 1 unspecified atom stereocenters. The maximum atomic E-state index is 11.7. The number of nitrogens with one attached hydrogen (secondary N) is 2. The van der Waals surface area contributed by atoms with Crippen LogP contribution < -0.4 is 11.1 Å². The molecule has 0 spiro atoms. The molecule has 1 amide bonds. The molecule has 0 heterocycles. The van der Waals surface area contributed by atoms with Crippen molar-refractivity contribution in [1.82, 2.24) is 11.1 Å². The van der Waals surface area contributed by atoms with Crippen molar-refractivity contribution >= 4 is 6.09 Å². The molecule has 5 heteroatoms. The zero-order chi connectivity index (χ0) is 16.3. The predicted octanol–water partition coefficient (Wildman–Crippen LogP) is 2.78. The van der Waals surface area contributed by atoms with E-state index in [9.17, 15) is 4.79 Å². The highest BCUT2D eigenvalue weighted by Crippen LogP contribution is 2.02. The lowest BCUT2D eigenvalue weighted by atomic mass is 10.2. The average molecular weight is 313 g/mol. The molecular formula is C18H21N2O3. The van der Waals surface area contributed by atoms with E-state index >= 15 is 0 Å². The van der Waals surface area contributed by atoms with Gasteiger partial charge in [-0.15, -0.1) is 0 Å². The van der Waals surface area contributed by atoms with Gasteiger partial charge in [-0.2, -0.15) is 0 Å². The van der Waals surface area contributed by atoms with Crippen LogP contribution in [-0.2, 0) is 22.7 Å². The number of carbonyl (C=O) groups is 1. The van der Waals surface area contributed by atoms with Gasteiger partial charge < -0.3 is 14.8 Å². The van der Waals surface area contributed by atoms with Crippen LogP contribution in [0.5, 0.6) is 0 Å². The van der Waals surface area contributed by atoms with Crippen LogP contribution in [0.3, 0.4) is 0 Å². The third-order valence-electron chi connectivity index (χ3n) is 3.21. The third-order valence-corrected chi connectivity index (χ3v) is 3.21. The van der Waals surface area contributed by atoms with Gasteiger partial charge in [0.25, 0.3) is 0 Å². The van der Waals surface area contributed by atoms with Crippen molar-refractivity contribution in [3.8, 4) is 0 Å². The van der Waals surface area contributed by atoms with E-state index in [4.69, 9.17) is 15.2 Å². The first kappa shape index (κ1) is 17.0. The Morgan fingerprint density at radius 2 is 1.52 bits per heavy atom. The zero-order valence-corrected chi connectivity index (χ0v) is 12.9. The van der Waals surface area contributed by atoms with Crippen molar-refractivity contribution < 1.29 is 14.3 Å². The van der Waals surface area contributed by atoms with E-state index in [0.29, 0.717) is 6.61 Å². The van der Waals surface area contributed by atoms with E-state index in [-0.39, 0.29) is 25.8 Å². The number of benzene rings is 2. The molecule has 1 atom stereocenters. The van der Waals surface area contributed by atoms with Crippen molar-refractivity contribution in [2.45, 2.75) is 19.3 Å². The van der Waals surface area contributed by atoms with Crippen LogP contribution in [0.4, 0.5) is 4.79 Å². The lowest BCUT2D eigenvalue weighted by Gasteiger charge is -2.16. The molecule has 2 rings (SSSR count). The highest BCUT2D eigenvalue weighted by molar-refractivity contribution is 5.67. The third kappa shape index (κ3) is 6.50. The molecule has 0 saturated carbocycles. The first-order chi connectivity index (χ1) is 11.3. The number of amides is 1. The normalized spacial score (nSPS) is 11.7. The summed E-state index contributed by atoms with van der Waals surface area (Å²) in [6.45, 7) is 0.981. The molecular weight excluding hydrogens is 292 g/mol. The number of hydrogen-bond donors (Lipinski definition) is 1. The van der Waals surface area contributed by atoms with Crippen molar-refractivity contribution in [3.63, 3.8) is 0 Å². The Bertz CT molecular complexity index is 575. The monoisotopic (exact) mass is 313 g/mol. The summed E-state index contributed by atoms with van der Waals surface area (Å²) in [6.07, 6.45) is -0.533. The van der Waals surface area contributed by atoms with Gasteiger partial charge in [-0.3, -0.25) is 5.73 Å². The first-order valence-electron chi connectivity index (χ1n) is 7.51. The van der Waals surface area contributed by atoms with Gasteiger partial charge in [0.15, 0.2) is 0 Å². The van der Waals surface area contributed by atoms with E-state index in [2.05, 4.69) is 5.32 Å². The van der Waals surface area contributed by atoms with Crippen LogP contribution in [0.25, 0.3) is 0 Å². The molecule has 2 aromatic rings. The second-order valence-corrected chi connectivity index (χ2v) is 5.11. The highest BCUT2D eigenvalue weighted by atomic mass is 16.5. The van der Waals surface area contributed by atoms with Crippen LogP contribution in [0.15, 0.2) is 60.7 Å². The number of hydrogen-bond acceptors (Lipinski definition) is 3. The molecule has 0 aliphatic carbocycles. The Morgan fingerprint density at radius 1 is 0.957 bits per heavy atom. The Hall–Kier alpha value is -2.37. The average Bonchev–Trinajstić information content (AvgIpc) is 2.61. The maximum Gasteiger partial charge on any atom is 0.407 e. The van der Waals surface area contributed by atoms with Gasteiger partial charge in [0.2, 0.25) is 0 Å². The molecule has 23 heavy (non-hydrogen) atoms. The van der Waals surface area contributed by atoms with Crippen LogP contribution >= 0.6 is 0 Å². The second-order valence-electron chi connectivity index (χ2n) is 5.11. The molecule has 0 aromatic heterocycles. The minimum atomic E-state index is -0.533. The minimum absolute atomic E-state index is 0.0369. The summed E-state index contributed by atoms with van der Waals surface area (Å²) < 4.78 is 10.7. The summed E-state index contributed by atoms with van der Waals surface area (Å²) in [5, 5.41) is 2.65. The Kier molecular flexibility index (Phi) is 7.10. The molecule has 0 aliphatic rings. The summed E-state index contributed by atoms with van der Waals surface area (Å²) in [4.78, 5) is 11.7. The molecule has 0 saturated heterocycles. The largest absolute Gasteiger partial charge is 0.445 e. The fraction of sp³-hybridized carbons (Fsp3) is 0.278. The second kappa shape index (κ2) is 9.61. The molecule has 2 aromatic carbocycles. The van der Waals surface area contributed by atoms with Crippen molar-refractivity contribution in [3.05, 3.63) is 71.8 Å². The van der Waals surface area contributed by atoms with Crippen molar-refractivity contribution in [2.75, 3.05) is 13.2 Å². The van der Waals surface area contributed by atoms with Gasteiger partial charge in [-0.05, 0) is 11.1 Å². The Balaban J connectivity index is 1.68. The maximum absolute atomic E-state index is 11.7. The molecule has 2 N–H and O–H groups in total. The SMILES string of the molecule is [NH]CC(COCc1ccccc1)NC(=O)OCc1ccccc1. The fourth-order valence-corrected chi connectivity index (χ4v) is 1.98. The molecule has 0 aliphatic heterocycles. The van der Waals surface area contributed by atoms with Gasteiger partial charge in [0, 0.05) is 6.54 Å². The van der Waals surface area contributed by atoms with E-state index in [0.717, 1.165) is 11.1 Å². The highest BCUT2D eigenvalue weighted by Gasteiger charge is 2.12. The van der Waals surface area contributed by atoms with Crippen LogP contribution in [0.2, 0.25) is 0 Å². The van der Waals surface area contributed by atoms with Gasteiger partial charge >= 0.3 is 6.09 Å². The standard InChI is InChI=1S/C18H21N2O3/c19-11-17(14-22-12-15-7-3-1-4-8-15)20-18(21)23-13-16-9-5-2-6-10-16/h1-10,17,19H,11-14H2,(H,20,21). The topological polar surface area (TPSA) is 71.4 Å². The van der Waals surface area contributed by atoms with E-state index in [1.807, 2.05) is 60.7 Å². The quantitative estimate of drug-likeness (QED) is 0.814. The van der Waals surface area contributed by atoms with Gasteiger partial charge in [0.1, 0.15) is 6.61 Å². The number of rotatable bonds is 8. The molecule has 1 radical (unpaired) electrons. The van der Waals surface area contributed by atoms with Crippen LogP contribution in [-0.4, -0.2) is 25.3 Å². The van der Waals surface area contributed by atoms with Gasteiger partial charge in [0.05, 0.1) is 19.3 Å². The van der Waals surface area contributed by atoms with Crippen LogP contribution in [0, 0.1) is 0 Å². The minimum Gasteiger partial charge on any atom is -0.445 e. The summed E-state index contributed by atoms with van der Waals surface area (Å²) in [7, 11) is 0. The summed E-state index contributed by atoms with van der Waals surface area (Å²) in [5.74, 6) is 0. The number of alkyl carbamates (subject to hydrolysis) is 1. The first-order valence-corrected chi connectivity index (χ1v) is 7.51. The summed E-state index contributed by atoms with van der Waals surface area (Å²) in [5.41, 5.74) is 9.46. The summed E-state index contributed by atoms with van der Waals surface area (Å²) >= 11 is 0. The van der Waals surface area contributed by atoms with E-state index in [1.54, 1.807) is 0 Å². The lowest BCUT2D eigenvalue weighted by molar-refractivity contribution is 0.0902. The van der Waals surface area contributed by atoms with Gasteiger partial charge in [-0.25, -0.2) is 4.79 Å². The number of ether oxygens (including phenoxy) is 2. The molecule has 121 valence electrons. The Morgan fingerprint density at radius 3 is 2.09 bits per heavy atom. The van der Waals surface area contributed by atoms with Gasteiger partial charge in [-0.1, -0.05) is 60.7 Å². The number of carbonyl (C=O) groups excluding carboxylic acids is 1. The van der Waals surface area contributed by atoms with Crippen molar-refractivity contribution in [1.29, 1.82) is 0 Å². The zero-order valence-electron chi connectivity index (χ0n) is 12.9. The molecule has 5 nitrogen and oxygen atoms in total.